The summed E-state index contributed by atoms with van der Waals surface area (Å²) in [5, 5.41) is 0. The lowest BCUT2D eigenvalue weighted by atomic mass is 9.96. The van der Waals surface area contributed by atoms with Crippen LogP contribution in [0.25, 0.3) is 11.1 Å². The fraction of sp³-hybridized carbons (Fsp3) is 0.200. The SMILES string of the molecule is FC(F)(F)Oc1ccc(-c2cccc(C(F)(F)F)c2CCl)cc1. The van der Waals surface area contributed by atoms with Crippen molar-refractivity contribution in [3.8, 4) is 16.9 Å². The van der Waals surface area contributed by atoms with Crippen LogP contribution in [0.1, 0.15) is 11.1 Å². The molecule has 0 fully saturated rings. The third-order valence-electron chi connectivity index (χ3n) is 3.01. The molecule has 0 atom stereocenters. The zero-order valence-electron chi connectivity index (χ0n) is 11.3. The molecular weight excluding hydrogens is 346 g/mol. The van der Waals surface area contributed by atoms with Crippen LogP contribution in [0.4, 0.5) is 26.3 Å². The molecule has 1 nitrogen and oxygen atoms in total. The molecule has 23 heavy (non-hydrogen) atoms. The van der Waals surface area contributed by atoms with Crippen molar-refractivity contribution in [3.05, 3.63) is 53.6 Å². The average Bonchev–Trinajstić information content (AvgIpc) is 2.44. The van der Waals surface area contributed by atoms with Crippen molar-refractivity contribution in [1.29, 1.82) is 0 Å². The average molecular weight is 355 g/mol. The lowest BCUT2D eigenvalue weighted by Gasteiger charge is -2.16. The number of hydrogen-bond donors (Lipinski definition) is 0. The normalized spacial score (nSPS) is 12.3. The van der Waals surface area contributed by atoms with Crippen molar-refractivity contribution < 1.29 is 31.1 Å². The minimum Gasteiger partial charge on any atom is -0.406 e. The van der Waals surface area contributed by atoms with E-state index in [1.807, 2.05) is 0 Å². The van der Waals surface area contributed by atoms with Gasteiger partial charge >= 0.3 is 12.5 Å². The topological polar surface area (TPSA) is 9.23 Å². The van der Waals surface area contributed by atoms with Gasteiger partial charge in [0, 0.05) is 5.88 Å². The highest BCUT2D eigenvalue weighted by Gasteiger charge is 2.34. The molecule has 8 heteroatoms. The number of benzene rings is 2. The molecule has 0 unspecified atom stereocenters. The standard InChI is InChI=1S/C15H9ClF6O/c16-8-12-11(2-1-3-13(12)14(17,18)19)9-4-6-10(7-5-9)23-15(20,21)22/h1-7H,8H2. The van der Waals surface area contributed by atoms with Gasteiger partial charge < -0.3 is 4.74 Å². The maximum Gasteiger partial charge on any atom is 0.573 e. The Morgan fingerprint density at radius 3 is 1.96 bits per heavy atom. The van der Waals surface area contributed by atoms with Gasteiger partial charge in [0.05, 0.1) is 5.56 Å². The molecule has 0 amide bonds. The van der Waals surface area contributed by atoms with Gasteiger partial charge in [-0.3, -0.25) is 0 Å². The van der Waals surface area contributed by atoms with Crippen LogP contribution in [0.15, 0.2) is 42.5 Å². The van der Waals surface area contributed by atoms with Gasteiger partial charge in [-0.2, -0.15) is 13.2 Å². The summed E-state index contributed by atoms with van der Waals surface area (Å²) in [4.78, 5) is 0. The number of ether oxygens (including phenoxy) is 1. The fourth-order valence-electron chi connectivity index (χ4n) is 2.10. The van der Waals surface area contributed by atoms with E-state index in [-0.39, 0.29) is 17.0 Å². The van der Waals surface area contributed by atoms with Crippen LogP contribution in [0.2, 0.25) is 0 Å². The van der Waals surface area contributed by atoms with E-state index in [1.54, 1.807) is 0 Å². The predicted octanol–water partition coefficient (Wildman–Crippen LogP) is 6.01. The second-order valence-corrected chi connectivity index (χ2v) is 4.80. The van der Waals surface area contributed by atoms with Gasteiger partial charge in [-0.25, -0.2) is 0 Å². The van der Waals surface area contributed by atoms with Crippen molar-refractivity contribution in [3.63, 3.8) is 0 Å². The summed E-state index contributed by atoms with van der Waals surface area (Å²) < 4.78 is 79.0. The third-order valence-corrected chi connectivity index (χ3v) is 3.28. The van der Waals surface area contributed by atoms with Crippen LogP contribution in [0.5, 0.6) is 5.75 Å². The summed E-state index contributed by atoms with van der Waals surface area (Å²) in [7, 11) is 0. The second-order valence-electron chi connectivity index (χ2n) is 4.54. The fourth-order valence-corrected chi connectivity index (χ4v) is 2.39. The van der Waals surface area contributed by atoms with E-state index < -0.39 is 23.9 Å². The maximum atomic E-state index is 13.0. The molecule has 2 aromatic carbocycles. The van der Waals surface area contributed by atoms with Crippen LogP contribution in [-0.2, 0) is 12.1 Å². The van der Waals surface area contributed by atoms with Crippen molar-refractivity contribution >= 4 is 11.6 Å². The summed E-state index contributed by atoms with van der Waals surface area (Å²) in [6, 6.07) is 8.09. The number of hydrogen-bond acceptors (Lipinski definition) is 1. The third kappa shape index (κ3) is 4.31. The molecule has 0 bridgehead atoms. The molecular formula is C15H9ClF6O. The Kier molecular flexibility index (Phi) is 4.79. The van der Waals surface area contributed by atoms with E-state index in [0.717, 1.165) is 18.2 Å². The van der Waals surface area contributed by atoms with Gasteiger partial charge in [0.1, 0.15) is 5.75 Å². The molecule has 0 N–H and O–H groups in total. The Hall–Kier alpha value is -1.89. The lowest BCUT2D eigenvalue weighted by Crippen LogP contribution is -2.16. The zero-order chi connectivity index (χ0) is 17.3. The van der Waals surface area contributed by atoms with Crippen molar-refractivity contribution in [1.82, 2.24) is 0 Å². The minimum absolute atomic E-state index is 0.133. The molecule has 0 radical (unpaired) electrons. The molecule has 2 aromatic rings. The van der Waals surface area contributed by atoms with Gasteiger partial charge in [-0.15, -0.1) is 24.8 Å². The lowest BCUT2D eigenvalue weighted by molar-refractivity contribution is -0.274. The van der Waals surface area contributed by atoms with Gasteiger partial charge in [-0.1, -0.05) is 24.3 Å². The summed E-state index contributed by atoms with van der Waals surface area (Å²) >= 11 is 5.64. The van der Waals surface area contributed by atoms with Crippen molar-refractivity contribution in [2.45, 2.75) is 18.4 Å². The van der Waals surface area contributed by atoms with Crippen molar-refractivity contribution in [2.75, 3.05) is 0 Å². The zero-order valence-corrected chi connectivity index (χ0v) is 12.1. The van der Waals surface area contributed by atoms with Gasteiger partial charge in [0.15, 0.2) is 0 Å². The van der Waals surface area contributed by atoms with Crippen molar-refractivity contribution in [2.24, 2.45) is 0 Å². The highest BCUT2D eigenvalue weighted by Crippen LogP contribution is 2.38. The first-order chi connectivity index (χ1) is 10.6. The molecule has 0 aliphatic heterocycles. The van der Waals surface area contributed by atoms with Crippen LogP contribution < -0.4 is 4.74 Å². The Morgan fingerprint density at radius 1 is 0.870 bits per heavy atom. The summed E-state index contributed by atoms with van der Waals surface area (Å²) in [6.07, 6.45) is -9.40. The Morgan fingerprint density at radius 2 is 1.48 bits per heavy atom. The van der Waals surface area contributed by atoms with E-state index in [2.05, 4.69) is 4.74 Å². The maximum absolute atomic E-state index is 13.0. The largest absolute Gasteiger partial charge is 0.573 e. The van der Waals surface area contributed by atoms with E-state index in [0.29, 0.717) is 5.56 Å². The molecule has 2 rings (SSSR count). The van der Waals surface area contributed by atoms with Gasteiger partial charge in [0.25, 0.3) is 0 Å². The summed E-state index contributed by atoms with van der Waals surface area (Å²) in [5.41, 5.74) is -0.499. The number of rotatable bonds is 3. The molecule has 0 spiro atoms. The molecule has 0 aliphatic rings. The van der Waals surface area contributed by atoms with Crippen LogP contribution in [0.3, 0.4) is 0 Å². The monoisotopic (exact) mass is 354 g/mol. The van der Waals surface area contributed by atoms with Crippen LogP contribution >= 0.6 is 11.6 Å². The van der Waals surface area contributed by atoms with E-state index >= 15 is 0 Å². The van der Waals surface area contributed by atoms with Gasteiger partial charge in [0.2, 0.25) is 0 Å². The minimum atomic E-state index is -4.83. The van der Waals surface area contributed by atoms with E-state index in [1.165, 1.54) is 24.3 Å². The highest BCUT2D eigenvalue weighted by atomic mass is 35.5. The molecule has 0 saturated carbocycles. The summed E-state index contributed by atoms with van der Waals surface area (Å²) in [5.74, 6) is -0.841. The second kappa shape index (κ2) is 6.31. The molecule has 0 aliphatic carbocycles. The van der Waals surface area contributed by atoms with Crippen LogP contribution in [0, 0.1) is 0 Å². The quantitative estimate of drug-likeness (QED) is 0.484. The predicted molar refractivity (Wildman–Crippen MR) is 73.1 cm³/mol. The first-order valence-electron chi connectivity index (χ1n) is 6.23. The smallest absolute Gasteiger partial charge is 0.406 e. The molecule has 0 saturated heterocycles. The highest BCUT2D eigenvalue weighted by molar-refractivity contribution is 6.17. The van der Waals surface area contributed by atoms with Crippen LogP contribution in [-0.4, -0.2) is 6.36 Å². The van der Waals surface area contributed by atoms with E-state index in [4.69, 9.17) is 11.6 Å². The Labute approximate surface area is 132 Å². The Balaban J connectivity index is 2.43. The number of halogens is 7. The Bertz CT molecular complexity index is 676. The first kappa shape index (κ1) is 17.5. The first-order valence-corrected chi connectivity index (χ1v) is 6.76. The molecule has 0 heterocycles. The van der Waals surface area contributed by atoms with Gasteiger partial charge in [-0.05, 0) is 34.9 Å². The number of alkyl halides is 7. The molecule has 124 valence electrons. The molecule has 0 aromatic heterocycles. The van der Waals surface area contributed by atoms with E-state index in [9.17, 15) is 26.3 Å². The summed E-state index contributed by atoms with van der Waals surface area (Å²) in [6.45, 7) is 0.